The van der Waals surface area contributed by atoms with Crippen molar-refractivity contribution >= 4 is 17.6 Å². The van der Waals surface area contributed by atoms with Crippen molar-refractivity contribution in [2.24, 2.45) is 0 Å². The van der Waals surface area contributed by atoms with Gasteiger partial charge in [0.25, 0.3) is 0 Å². The second-order valence-electron chi connectivity index (χ2n) is 7.16. The van der Waals surface area contributed by atoms with Crippen molar-refractivity contribution in [1.82, 2.24) is 10.6 Å². The molecule has 1 aliphatic rings. The van der Waals surface area contributed by atoms with Gasteiger partial charge in [-0.2, -0.15) is 0 Å². The van der Waals surface area contributed by atoms with E-state index in [0.29, 0.717) is 16.3 Å². The van der Waals surface area contributed by atoms with E-state index in [9.17, 15) is 9.90 Å². The maximum Gasteiger partial charge on any atom is 0.315 e. The minimum atomic E-state index is -0.900. The van der Waals surface area contributed by atoms with E-state index < -0.39 is 17.7 Å². The molecule has 6 heteroatoms. The summed E-state index contributed by atoms with van der Waals surface area (Å²) in [6.07, 6.45) is -0.900. The zero-order valence-corrected chi connectivity index (χ0v) is 14.3. The molecule has 1 unspecified atom stereocenters. The Hall–Kier alpha value is -1.46. The minimum Gasteiger partial charge on any atom is -0.485 e. The van der Waals surface area contributed by atoms with Gasteiger partial charge in [0.1, 0.15) is 17.5 Å². The van der Waals surface area contributed by atoms with Crippen LogP contribution in [-0.4, -0.2) is 28.3 Å². The molecule has 0 bridgehead atoms. The number of carbonyl (C=O) groups is 1. The number of carbonyl (C=O) groups excluding carboxylic acids is 1. The number of hydrogen-bond acceptors (Lipinski definition) is 3. The van der Waals surface area contributed by atoms with E-state index in [2.05, 4.69) is 10.6 Å². The normalized spacial score (nSPS) is 23.2. The van der Waals surface area contributed by atoms with E-state index in [1.54, 1.807) is 18.2 Å². The maximum atomic E-state index is 12.1. The number of hydrogen-bond donors (Lipinski definition) is 3. The summed E-state index contributed by atoms with van der Waals surface area (Å²) in [5, 5.41) is 16.8. The summed E-state index contributed by atoms with van der Waals surface area (Å²) in [6, 6.07) is 4.16. The number of halogens is 1. The first-order valence-electron chi connectivity index (χ1n) is 7.25. The van der Waals surface area contributed by atoms with Crippen LogP contribution in [0.5, 0.6) is 5.75 Å². The lowest BCUT2D eigenvalue weighted by atomic mass is 9.86. The fraction of sp³-hybridized carbons (Fsp3) is 0.562. The molecule has 22 heavy (non-hydrogen) atoms. The molecule has 1 aliphatic heterocycles. The van der Waals surface area contributed by atoms with Crippen LogP contribution in [0.25, 0.3) is 0 Å². The van der Waals surface area contributed by atoms with Crippen molar-refractivity contribution in [3.05, 3.63) is 28.8 Å². The summed E-state index contributed by atoms with van der Waals surface area (Å²) in [7, 11) is 0. The van der Waals surface area contributed by atoms with E-state index in [0.717, 1.165) is 0 Å². The number of nitrogens with one attached hydrogen (secondary N) is 2. The van der Waals surface area contributed by atoms with E-state index in [4.69, 9.17) is 16.3 Å². The predicted molar refractivity (Wildman–Crippen MR) is 86.3 cm³/mol. The Balaban J connectivity index is 2.25. The topological polar surface area (TPSA) is 70.6 Å². The fourth-order valence-electron chi connectivity index (χ4n) is 2.52. The van der Waals surface area contributed by atoms with Crippen LogP contribution in [0.4, 0.5) is 4.79 Å². The first-order chi connectivity index (χ1) is 9.99. The molecule has 122 valence electrons. The third-order valence-corrected chi connectivity index (χ3v) is 3.74. The van der Waals surface area contributed by atoms with Crippen LogP contribution >= 0.6 is 11.6 Å². The molecule has 1 aromatic rings. The molecule has 1 aromatic carbocycles. The van der Waals surface area contributed by atoms with Crippen molar-refractivity contribution in [3.8, 4) is 5.75 Å². The van der Waals surface area contributed by atoms with Crippen LogP contribution in [0.3, 0.4) is 0 Å². The zero-order chi connectivity index (χ0) is 16.7. The smallest absolute Gasteiger partial charge is 0.315 e. The molecule has 1 heterocycles. The van der Waals surface area contributed by atoms with Crippen molar-refractivity contribution in [1.29, 1.82) is 0 Å². The molecule has 3 N–H and O–H groups in total. The summed E-state index contributed by atoms with van der Waals surface area (Å²) in [5.41, 5.74) is -0.543. The van der Waals surface area contributed by atoms with Gasteiger partial charge >= 0.3 is 6.03 Å². The second kappa shape index (κ2) is 5.63. The molecule has 0 aliphatic carbocycles. The van der Waals surface area contributed by atoms with Gasteiger partial charge in [-0.1, -0.05) is 11.6 Å². The van der Waals surface area contributed by atoms with Gasteiger partial charge in [0.05, 0.1) is 6.04 Å². The SMILES string of the molecule is CC(C)(C)NC(=O)N[C@@H]1C(O)c2cc(Cl)ccc2OC1(C)C. The predicted octanol–water partition coefficient (Wildman–Crippen LogP) is 3.01. The fourth-order valence-corrected chi connectivity index (χ4v) is 2.70. The lowest BCUT2D eigenvalue weighted by Gasteiger charge is -2.43. The molecule has 5 nitrogen and oxygen atoms in total. The van der Waals surface area contributed by atoms with Crippen LogP contribution in [0.2, 0.25) is 5.02 Å². The molecular weight excluding hydrogens is 304 g/mol. The Morgan fingerprint density at radius 2 is 2.00 bits per heavy atom. The highest BCUT2D eigenvalue weighted by atomic mass is 35.5. The van der Waals surface area contributed by atoms with E-state index in [1.807, 2.05) is 34.6 Å². The monoisotopic (exact) mass is 326 g/mol. The van der Waals surface area contributed by atoms with Gasteiger partial charge in [-0.25, -0.2) is 4.79 Å². The lowest BCUT2D eigenvalue weighted by molar-refractivity contribution is -0.0231. The van der Waals surface area contributed by atoms with Crippen LogP contribution < -0.4 is 15.4 Å². The second-order valence-corrected chi connectivity index (χ2v) is 7.60. The number of amides is 2. The molecule has 2 rings (SSSR count). The highest BCUT2D eigenvalue weighted by molar-refractivity contribution is 6.30. The van der Waals surface area contributed by atoms with Gasteiger partial charge in [0.2, 0.25) is 0 Å². The molecule has 0 saturated heterocycles. The first-order valence-corrected chi connectivity index (χ1v) is 7.62. The standard InChI is InChI=1S/C16H23ClN2O3/c1-15(2,3)19-14(21)18-13-12(20)10-8-9(17)6-7-11(10)22-16(13,4)5/h6-8,12-13,20H,1-5H3,(H2,18,19,21)/t12?,13-/m1/s1. The lowest BCUT2D eigenvalue weighted by Crippen LogP contribution is -2.61. The third kappa shape index (κ3) is 3.65. The highest BCUT2D eigenvalue weighted by Gasteiger charge is 2.44. The number of rotatable bonds is 1. The van der Waals surface area contributed by atoms with E-state index in [1.165, 1.54) is 0 Å². The summed E-state index contributed by atoms with van der Waals surface area (Å²) < 4.78 is 5.93. The van der Waals surface area contributed by atoms with Gasteiger partial charge < -0.3 is 20.5 Å². The minimum absolute atomic E-state index is 0.348. The Morgan fingerprint density at radius 3 is 2.59 bits per heavy atom. The first kappa shape index (κ1) is 16.9. The zero-order valence-electron chi connectivity index (χ0n) is 13.5. The quantitative estimate of drug-likeness (QED) is 0.743. The number of fused-ring (bicyclic) bond motifs is 1. The summed E-state index contributed by atoms with van der Waals surface area (Å²) in [5.74, 6) is 0.580. The number of benzene rings is 1. The molecule has 0 radical (unpaired) electrons. The van der Waals surface area contributed by atoms with Crippen molar-refractivity contribution < 1.29 is 14.6 Å². The van der Waals surface area contributed by atoms with Crippen molar-refractivity contribution in [3.63, 3.8) is 0 Å². The van der Waals surface area contributed by atoms with E-state index in [-0.39, 0.29) is 11.6 Å². The molecule has 0 fully saturated rings. The number of urea groups is 1. The third-order valence-electron chi connectivity index (χ3n) is 3.50. The van der Waals surface area contributed by atoms with Crippen LogP contribution in [-0.2, 0) is 0 Å². The molecule has 2 atom stereocenters. The number of ether oxygens (including phenoxy) is 1. The van der Waals surface area contributed by atoms with Gasteiger partial charge in [-0.3, -0.25) is 0 Å². The average molecular weight is 327 g/mol. The highest BCUT2D eigenvalue weighted by Crippen LogP contribution is 2.40. The Bertz CT molecular complexity index is 581. The van der Waals surface area contributed by atoms with E-state index >= 15 is 0 Å². The van der Waals surface area contributed by atoms with Crippen molar-refractivity contribution in [2.75, 3.05) is 0 Å². The molecule has 0 spiro atoms. The number of aliphatic hydroxyl groups is 1. The van der Waals surface area contributed by atoms with Crippen LogP contribution in [0.1, 0.15) is 46.3 Å². The van der Waals surface area contributed by atoms with Gasteiger partial charge in [0, 0.05) is 16.1 Å². The Kier molecular flexibility index (Phi) is 4.33. The summed E-state index contributed by atoms with van der Waals surface area (Å²) in [6.45, 7) is 9.33. The number of aliphatic hydroxyl groups excluding tert-OH is 1. The van der Waals surface area contributed by atoms with Crippen molar-refractivity contribution in [2.45, 2.75) is 57.9 Å². The summed E-state index contributed by atoms with van der Waals surface area (Å²) in [4.78, 5) is 12.1. The summed E-state index contributed by atoms with van der Waals surface area (Å²) >= 11 is 5.99. The Morgan fingerprint density at radius 1 is 1.36 bits per heavy atom. The van der Waals surface area contributed by atoms with Gasteiger partial charge in [0.15, 0.2) is 0 Å². The average Bonchev–Trinajstić information content (AvgIpc) is 2.33. The maximum absolute atomic E-state index is 12.1. The Labute approximate surface area is 136 Å². The van der Waals surface area contributed by atoms with Gasteiger partial charge in [-0.05, 0) is 52.8 Å². The molecule has 2 amide bonds. The van der Waals surface area contributed by atoms with Crippen LogP contribution in [0, 0.1) is 0 Å². The molecule has 0 aromatic heterocycles. The molecular formula is C16H23ClN2O3. The van der Waals surface area contributed by atoms with Gasteiger partial charge in [-0.15, -0.1) is 0 Å². The van der Waals surface area contributed by atoms with Crippen LogP contribution in [0.15, 0.2) is 18.2 Å². The molecule has 0 saturated carbocycles. The largest absolute Gasteiger partial charge is 0.485 e.